The van der Waals surface area contributed by atoms with Crippen LogP contribution in [0, 0.1) is 6.92 Å². The van der Waals surface area contributed by atoms with E-state index in [2.05, 4.69) is 22.0 Å². The van der Waals surface area contributed by atoms with Crippen molar-refractivity contribution in [3.05, 3.63) is 41.2 Å². The molecule has 3 heterocycles. The van der Waals surface area contributed by atoms with Gasteiger partial charge in [-0.05, 0) is 13.8 Å². The van der Waals surface area contributed by atoms with E-state index >= 15 is 0 Å². The molecular weight excluding hydrogens is 294 g/mol. The van der Waals surface area contributed by atoms with Gasteiger partial charge >= 0.3 is 0 Å². The van der Waals surface area contributed by atoms with E-state index in [9.17, 15) is 4.79 Å². The molecule has 122 valence electrons. The summed E-state index contributed by atoms with van der Waals surface area (Å²) in [6.45, 7) is 6.37. The van der Waals surface area contributed by atoms with Gasteiger partial charge in [-0.1, -0.05) is 0 Å². The van der Waals surface area contributed by atoms with Crippen LogP contribution in [-0.4, -0.2) is 50.8 Å². The Morgan fingerprint density at radius 3 is 2.87 bits per heavy atom. The Morgan fingerprint density at radius 2 is 2.22 bits per heavy atom. The number of hydrogen-bond acceptors (Lipinski definition) is 5. The fourth-order valence-corrected chi connectivity index (χ4v) is 2.88. The highest BCUT2D eigenvalue weighted by atomic mass is 16.5. The number of nitrogens with zero attached hydrogens (tertiary/aromatic N) is 5. The van der Waals surface area contributed by atoms with E-state index in [4.69, 9.17) is 4.74 Å². The molecular formula is C16H21N5O2. The predicted molar refractivity (Wildman–Crippen MR) is 84.0 cm³/mol. The summed E-state index contributed by atoms with van der Waals surface area (Å²) in [5.74, 6) is -0.0209. The van der Waals surface area contributed by atoms with E-state index in [1.165, 1.54) is 6.20 Å². The van der Waals surface area contributed by atoms with Crippen molar-refractivity contribution >= 4 is 5.91 Å². The molecule has 2 aromatic heterocycles. The molecule has 0 fully saturated rings. The zero-order chi connectivity index (χ0) is 16.4. The van der Waals surface area contributed by atoms with Crippen LogP contribution in [0.5, 0.6) is 0 Å². The summed E-state index contributed by atoms with van der Waals surface area (Å²) in [7, 11) is 1.67. The molecule has 0 N–H and O–H groups in total. The third kappa shape index (κ3) is 3.10. The average Bonchev–Trinajstić information content (AvgIpc) is 2.98. The van der Waals surface area contributed by atoms with E-state index in [1.54, 1.807) is 18.2 Å². The Morgan fingerprint density at radius 1 is 1.39 bits per heavy atom. The minimum absolute atomic E-state index is 0.0823. The SMILES string of the molecule is CCn1cc2c(n1)[C@H](COC)CN(C(=O)c1cnc(C)cn1)C2. The first-order chi connectivity index (χ1) is 11.1. The van der Waals surface area contributed by atoms with Gasteiger partial charge < -0.3 is 9.64 Å². The molecule has 2 aromatic rings. The molecule has 0 saturated heterocycles. The Bertz CT molecular complexity index is 695. The predicted octanol–water partition coefficient (Wildman–Crippen LogP) is 1.39. The molecule has 3 rings (SSSR count). The van der Waals surface area contributed by atoms with Crippen molar-refractivity contribution in [3.8, 4) is 0 Å². The summed E-state index contributed by atoms with van der Waals surface area (Å²) in [4.78, 5) is 22.9. The molecule has 7 heteroatoms. The summed E-state index contributed by atoms with van der Waals surface area (Å²) in [5, 5.41) is 4.62. The number of ether oxygens (including phenoxy) is 1. The number of carbonyl (C=O) groups is 1. The molecule has 0 spiro atoms. The number of hydrogen-bond donors (Lipinski definition) is 0. The number of rotatable bonds is 4. The molecule has 0 aromatic carbocycles. The van der Waals surface area contributed by atoms with E-state index in [1.807, 2.05) is 17.8 Å². The molecule has 0 radical (unpaired) electrons. The first kappa shape index (κ1) is 15.6. The smallest absolute Gasteiger partial charge is 0.274 e. The van der Waals surface area contributed by atoms with Crippen molar-refractivity contribution in [2.45, 2.75) is 32.9 Å². The maximum atomic E-state index is 12.7. The monoisotopic (exact) mass is 315 g/mol. The van der Waals surface area contributed by atoms with E-state index in [0.717, 1.165) is 23.5 Å². The number of aromatic nitrogens is 4. The maximum Gasteiger partial charge on any atom is 0.274 e. The number of fused-ring (bicyclic) bond motifs is 1. The molecule has 1 aliphatic rings. The van der Waals surface area contributed by atoms with E-state index in [-0.39, 0.29) is 11.8 Å². The molecule has 0 unspecified atom stereocenters. The van der Waals surface area contributed by atoms with Crippen LogP contribution >= 0.6 is 0 Å². The molecule has 0 bridgehead atoms. The minimum Gasteiger partial charge on any atom is -0.384 e. The van der Waals surface area contributed by atoms with Crippen molar-refractivity contribution in [2.75, 3.05) is 20.3 Å². The Hall–Kier alpha value is -2.28. The topological polar surface area (TPSA) is 73.1 Å². The molecule has 1 atom stereocenters. The van der Waals surface area contributed by atoms with Gasteiger partial charge in [0.2, 0.25) is 0 Å². The summed E-state index contributed by atoms with van der Waals surface area (Å²) in [6.07, 6.45) is 5.16. The van der Waals surface area contributed by atoms with E-state index in [0.29, 0.717) is 25.4 Å². The van der Waals surface area contributed by atoms with Gasteiger partial charge in [0.25, 0.3) is 5.91 Å². The van der Waals surface area contributed by atoms with Crippen molar-refractivity contribution in [1.29, 1.82) is 0 Å². The lowest BCUT2D eigenvalue weighted by Gasteiger charge is -2.31. The van der Waals surface area contributed by atoms with Gasteiger partial charge in [0.15, 0.2) is 0 Å². The molecule has 0 saturated carbocycles. The number of aryl methyl sites for hydroxylation is 2. The van der Waals surface area contributed by atoms with Crippen molar-refractivity contribution < 1.29 is 9.53 Å². The number of amides is 1. The van der Waals surface area contributed by atoms with Gasteiger partial charge in [0.1, 0.15) is 5.69 Å². The molecule has 23 heavy (non-hydrogen) atoms. The summed E-state index contributed by atoms with van der Waals surface area (Å²) < 4.78 is 7.23. The highest BCUT2D eigenvalue weighted by Crippen LogP contribution is 2.28. The van der Waals surface area contributed by atoms with Crippen LogP contribution in [0.4, 0.5) is 0 Å². The van der Waals surface area contributed by atoms with Gasteiger partial charge in [0, 0.05) is 50.6 Å². The summed E-state index contributed by atoms with van der Waals surface area (Å²) in [5.41, 5.74) is 3.28. The zero-order valence-electron chi connectivity index (χ0n) is 13.7. The zero-order valence-corrected chi connectivity index (χ0v) is 13.7. The summed E-state index contributed by atoms with van der Waals surface area (Å²) in [6, 6.07) is 0. The minimum atomic E-state index is -0.103. The second-order valence-electron chi connectivity index (χ2n) is 5.78. The Balaban J connectivity index is 1.86. The van der Waals surface area contributed by atoms with Crippen LogP contribution < -0.4 is 0 Å². The first-order valence-corrected chi connectivity index (χ1v) is 7.75. The van der Waals surface area contributed by atoms with Crippen LogP contribution in [0.3, 0.4) is 0 Å². The van der Waals surface area contributed by atoms with Crippen LogP contribution in [0.15, 0.2) is 18.6 Å². The fraction of sp³-hybridized carbons (Fsp3) is 0.500. The highest BCUT2D eigenvalue weighted by molar-refractivity contribution is 5.92. The van der Waals surface area contributed by atoms with Crippen LogP contribution in [0.2, 0.25) is 0 Å². The molecule has 1 amide bonds. The standard InChI is InChI=1S/C16H21N5O2/c1-4-21-9-12-7-20(8-13(10-23-3)15(12)19-21)16(22)14-6-17-11(2)5-18-14/h5-6,9,13H,4,7-8,10H2,1-3H3/t13-/m0/s1. The molecule has 1 aliphatic heterocycles. The molecule has 0 aliphatic carbocycles. The van der Waals surface area contributed by atoms with Gasteiger partial charge in [-0.25, -0.2) is 4.98 Å². The van der Waals surface area contributed by atoms with Gasteiger partial charge in [0.05, 0.1) is 24.2 Å². The van der Waals surface area contributed by atoms with Crippen molar-refractivity contribution in [2.24, 2.45) is 0 Å². The number of carbonyl (C=O) groups excluding carboxylic acids is 1. The lowest BCUT2D eigenvalue weighted by molar-refractivity contribution is 0.0672. The normalized spacial score (nSPS) is 17.2. The van der Waals surface area contributed by atoms with Crippen molar-refractivity contribution in [1.82, 2.24) is 24.6 Å². The van der Waals surface area contributed by atoms with Crippen LogP contribution in [-0.2, 0) is 17.8 Å². The third-order valence-corrected chi connectivity index (χ3v) is 4.04. The molecule has 7 nitrogen and oxygen atoms in total. The lowest BCUT2D eigenvalue weighted by Crippen LogP contribution is -2.39. The largest absolute Gasteiger partial charge is 0.384 e. The Kier molecular flexibility index (Phi) is 4.38. The second kappa shape index (κ2) is 6.45. The van der Waals surface area contributed by atoms with Crippen LogP contribution in [0.1, 0.15) is 40.3 Å². The Labute approximate surface area is 135 Å². The van der Waals surface area contributed by atoms with Gasteiger partial charge in [-0.15, -0.1) is 0 Å². The van der Waals surface area contributed by atoms with Crippen molar-refractivity contribution in [3.63, 3.8) is 0 Å². The third-order valence-electron chi connectivity index (χ3n) is 4.04. The average molecular weight is 315 g/mol. The fourth-order valence-electron chi connectivity index (χ4n) is 2.88. The van der Waals surface area contributed by atoms with Gasteiger partial charge in [-0.2, -0.15) is 5.10 Å². The maximum absolute atomic E-state index is 12.7. The van der Waals surface area contributed by atoms with E-state index < -0.39 is 0 Å². The lowest BCUT2D eigenvalue weighted by atomic mass is 9.97. The second-order valence-corrected chi connectivity index (χ2v) is 5.78. The quantitative estimate of drug-likeness (QED) is 0.852. The first-order valence-electron chi connectivity index (χ1n) is 7.75. The number of methoxy groups -OCH3 is 1. The summed E-state index contributed by atoms with van der Waals surface area (Å²) >= 11 is 0. The van der Waals surface area contributed by atoms with Gasteiger partial charge in [-0.3, -0.25) is 14.5 Å². The highest BCUT2D eigenvalue weighted by Gasteiger charge is 2.31. The van der Waals surface area contributed by atoms with Crippen LogP contribution in [0.25, 0.3) is 0 Å².